The number of quaternary nitrogens is 1. The lowest BCUT2D eigenvalue weighted by Crippen LogP contribution is -2.54. The maximum atomic E-state index is 9.00. The Bertz CT molecular complexity index is 286. The largest absolute Gasteiger partial charge is 0.328 e. The van der Waals surface area contributed by atoms with Crippen LogP contribution >= 0.6 is 8.60 Å². The molecule has 0 spiro atoms. The third-order valence-electron chi connectivity index (χ3n) is 5.12. The van der Waals surface area contributed by atoms with Gasteiger partial charge in [-0.25, -0.2) is 0 Å². The van der Waals surface area contributed by atoms with Gasteiger partial charge in [0.25, 0.3) is 0 Å². The van der Waals surface area contributed by atoms with Gasteiger partial charge in [-0.15, -0.1) is 0 Å². The summed E-state index contributed by atoms with van der Waals surface area (Å²) in [6, 6.07) is 0.299. The van der Waals surface area contributed by atoms with E-state index in [0.717, 1.165) is 11.0 Å². The van der Waals surface area contributed by atoms with E-state index < -0.39 is 8.60 Å². The van der Waals surface area contributed by atoms with Crippen molar-refractivity contribution in [2.45, 2.75) is 91.0 Å². The fourth-order valence-electron chi connectivity index (χ4n) is 3.52. The molecule has 0 aliphatic heterocycles. The third-order valence-corrected chi connectivity index (χ3v) is 5.50. The Balaban J connectivity index is 3.84. The Morgan fingerprint density at radius 3 is 1.71 bits per heavy atom. The van der Waals surface area contributed by atoms with Gasteiger partial charge in [0.15, 0.2) is 0 Å². The second kappa shape index (κ2) is 14.4. The summed E-state index contributed by atoms with van der Waals surface area (Å²) in [6.07, 6.45) is 13.6. The van der Waals surface area contributed by atoms with Crippen molar-refractivity contribution >= 4 is 8.60 Å². The van der Waals surface area contributed by atoms with Crippen molar-refractivity contribution in [2.24, 2.45) is 5.92 Å². The molecule has 0 heterocycles. The number of hydrogen-bond donors (Lipinski definition) is 2. The molecule has 2 N–H and O–H groups in total. The Labute approximate surface area is 152 Å². The van der Waals surface area contributed by atoms with Gasteiger partial charge >= 0.3 is 8.60 Å². The van der Waals surface area contributed by atoms with E-state index >= 15 is 0 Å². The van der Waals surface area contributed by atoms with Gasteiger partial charge in [-0.3, -0.25) is 0 Å². The molecule has 5 heteroatoms. The zero-order valence-corrected chi connectivity index (χ0v) is 17.7. The Morgan fingerprint density at radius 1 is 0.833 bits per heavy atom. The molecule has 0 saturated carbocycles. The molecule has 0 unspecified atom stereocenters. The summed E-state index contributed by atoms with van der Waals surface area (Å²) in [5, 5.41) is 0. The highest BCUT2D eigenvalue weighted by molar-refractivity contribution is 7.39. The molecule has 0 aromatic rings. The number of likely N-dealkylation sites (N-methyl/N-ethyl adjacent to an activating group) is 1. The molecule has 0 saturated heterocycles. The van der Waals surface area contributed by atoms with Crippen LogP contribution in [0.5, 0.6) is 0 Å². The highest BCUT2D eigenvalue weighted by atomic mass is 31.2. The number of nitrogens with zero attached hydrogens (tertiary/aromatic N) is 1. The van der Waals surface area contributed by atoms with E-state index in [-0.39, 0.29) is 0 Å². The van der Waals surface area contributed by atoms with Crippen molar-refractivity contribution < 1.29 is 18.8 Å². The second-order valence-corrected chi connectivity index (χ2v) is 8.81. The molecule has 24 heavy (non-hydrogen) atoms. The first kappa shape index (κ1) is 24.3. The molecule has 0 aromatic heterocycles. The molecule has 0 aromatic carbocycles. The predicted octanol–water partition coefficient (Wildman–Crippen LogP) is 5.24. The lowest BCUT2D eigenvalue weighted by molar-refractivity contribution is -0.919. The Morgan fingerprint density at radius 2 is 1.29 bits per heavy atom. The zero-order chi connectivity index (χ0) is 18.4. The van der Waals surface area contributed by atoms with E-state index in [1.807, 2.05) is 0 Å². The lowest BCUT2D eigenvalue weighted by atomic mass is 10.0. The topological polar surface area (TPSA) is 49.7 Å². The monoisotopic (exact) mass is 364 g/mol. The van der Waals surface area contributed by atoms with Crippen molar-refractivity contribution in [3.05, 3.63) is 0 Å². The maximum absolute atomic E-state index is 9.00. The van der Waals surface area contributed by atoms with E-state index in [1.165, 1.54) is 64.2 Å². The van der Waals surface area contributed by atoms with Crippen LogP contribution in [-0.2, 0) is 4.52 Å². The van der Waals surface area contributed by atoms with Gasteiger partial charge in [-0.2, -0.15) is 0 Å². The summed E-state index contributed by atoms with van der Waals surface area (Å²) in [4.78, 5) is 18.0. The van der Waals surface area contributed by atoms with Crippen molar-refractivity contribution in [1.29, 1.82) is 0 Å². The summed E-state index contributed by atoms with van der Waals surface area (Å²) >= 11 is 0. The van der Waals surface area contributed by atoms with Gasteiger partial charge in [0, 0.05) is 5.92 Å². The summed E-state index contributed by atoms with van der Waals surface area (Å²) in [5.74, 6) is 0.457. The number of rotatable bonds is 16. The molecule has 0 aliphatic carbocycles. The molecule has 0 aliphatic rings. The predicted molar refractivity (Wildman–Crippen MR) is 105 cm³/mol. The van der Waals surface area contributed by atoms with Gasteiger partial charge in [-0.1, -0.05) is 72.1 Å². The average molecular weight is 365 g/mol. The summed E-state index contributed by atoms with van der Waals surface area (Å²) in [6.45, 7) is 8.18. The standard InChI is InChI=1S/C19H43NO3P/c1-6-7-8-9-10-11-12-13-14-15-16-20(4,5)19(18(2)3)17-23-24(21)22/h18-19,21-22H,6-17H2,1-5H3/q+1/t19-/m1/s1. The minimum Gasteiger partial charge on any atom is -0.328 e. The average Bonchev–Trinajstić information content (AvgIpc) is 2.48. The lowest BCUT2D eigenvalue weighted by Gasteiger charge is -2.40. The van der Waals surface area contributed by atoms with Gasteiger partial charge in [0.2, 0.25) is 0 Å². The van der Waals surface area contributed by atoms with Crippen LogP contribution in [0.25, 0.3) is 0 Å². The van der Waals surface area contributed by atoms with Crippen molar-refractivity contribution in [2.75, 3.05) is 27.2 Å². The molecule has 0 fully saturated rings. The van der Waals surface area contributed by atoms with Gasteiger partial charge in [0.1, 0.15) is 12.6 Å². The van der Waals surface area contributed by atoms with E-state index in [4.69, 9.17) is 14.3 Å². The minimum absolute atomic E-state index is 0.299. The highest BCUT2D eigenvalue weighted by Gasteiger charge is 2.31. The first-order valence-corrected chi connectivity index (χ1v) is 11.1. The SMILES string of the molecule is CCCCCCCCCCCC[N+](C)(C)[C@H](COP(O)O)C(C)C. The van der Waals surface area contributed by atoms with Gasteiger partial charge < -0.3 is 18.8 Å². The number of hydrogen-bond acceptors (Lipinski definition) is 3. The fraction of sp³-hybridized carbons (Fsp3) is 1.00. The molecule has 0 bridgehead atoms. The molecule has 0 amide bonds. The summed E-state index contributed by atoms with van der Waals surface area (Å²) in [5.41, 5.74) is 0. The van der Waals surface area contributed by atoms with Crippen molar-refractivity contribution in [3.8, 4) is 0 Å². The Kier molecular flexibility index (Phi) is 14.6. The smallest absolute Gasteiger partial charge is 0.327 e. The first-order valence-electron chi connectivity index (χ1n) is 9.94. The molecular formula is C19H43NO3P+. The van der Waals surface area contributed by atoms with Crippen LogP contribution in [0.1, 0.15) is 85.0 Å². The van der Waals surface area contributed by atoms with E-state index in [1.54, 1.807) is 0 Å². The van der Waals surface area contributed by atoms with Crippen LogP contribution in [0.2, 0.25) is 0 Å². The van der Waals surface area contributed by atoms with Crippen LogP contribution in [0.15, 0.2) is 0 Å². The molecule has 0 rings (SSSR count). The summed E-state index contributed by atoms with van der Waals surface area (Å²) in [7, 11) is 2.23. The van der Waals surface area contributed by atoms with E-state index in [0.29, 0.717) is 18.6 Å². The van der Waals surface area contributed by atoms with E-state index in [2.05, 4.69) is 34.9 Å². The molecular weight excluding hydrogens is 321 g/mol. The zero-order valence-electron chi connectivity index (χ0n) is 16.8. The van der Waals surface area contributed by atoms with Crippen molar-refractivity contribution in [1.82, 2.24) is 0 Å². The third kappa shape index (κ3) is 12.6. The molecule has 4 nitrogen and oxygen atoms in total. The fourth-order valence-corrected chi connectivity index (χ4v) is 3.80. The minimum atomic E-state index is -2.24. The Hall–Kier alpha value is 0.270. The molecule has 0 radical (unpaired) electrons. The quantitative estimate of drug-likeness (QED) is 0.224. The van der Waals surface area contributed by atoms with Crippen LogP contribution < -0.4 is 0 Å². The normalized spacial score (nSPS) is 13.9. The van der Waals surface area contributed by atoms with Crippen LogP contribution in [0, 0.1) is 5.92 Å². The van der Waals surface area contributed by atoms with E-state index in [9.17, 15) is 0 Å². The molecule has 1 atom stereocenters. The van der Waals surface area contributed by atoms with Crippen LogP contribution in [-0.4, -0.2) is 47.6 Å². The number of unbranched alkanes of at least 4 members (excludes halogenated alkanes) is 9. The molecule has 146 valence electrons. The summed E-state index contributed by atoms with van der Waals surface area (Å²) < 4.78 is 6.00. The maximum Gasteiger partial charge on any atom is 0.327 e. The van der Waals surface area contributed by atoms with Gasteiger partial charge in [0.05, 0.1) is 20.6 Å². The van der Waals surface area contributed by atoms with Crippen LogP contribution in [0.4, 0.5) is 0 Å². The highest BCUT2D eigenvalue weighted by Crippen LogP contribution is 2.28. The van der Waals surface area contributed by atoms with Gasteiger partial charge in [-0.05, 0) is 12.8 Å². The van der Waals surface area contributed by atoms with Crippen LogP contribution in [0.3, 0.4) is 0 Å². The second-order valence-electron chi connectivity index (χ2n) is 8.04. The van der Waals surface area contributed by atoms with Crippen molar-refractivity contribution in [3.63, 3.8) is 0 Å². The first-order chi connectivity index (χ1) is 11.3.